The number of carbonyl (C=O) groups excluding carboxylic acids is 1. The van der Waals surface area contributed by atoms with Gasteiger partial charge in [-0.05, 0) is 11.6 Å². The minimum Gasteiger partial charge on any atom is -0.464 e. The molecule has 0 unspecified atom stereocenters. The summed E-state index contributed by atoms with van der Waals surface area (Å²) in [5.41, 5.74) is 0.968. The van der Waals surface area contributed by atoms with Crippen LogP contribution in [-0.4, -0.2) is 48.3 Å². The van der Waals surface area contributed by atoms with E-state index in [0.717, 1.165) is 12.1 Å². The van der Waals surface area contributed by atoms with Gasteiger partial charge in [0, 0.05) is 0 Å². The number of ether oxygens (including phenoxy) is 1. The summed E-state index contributed by atoms with van der Waals surface area (Å²) < 4.78 is 6.29. The normalized spacial score (nSPS) is 10.7. The Morgan fingerprint density at radius 1 is 1.32 bits per heavy atom. The van der Waals surface area contributed by atoms with Gasteiger partial charge < -0.3 is 4.74 Å². The van der Waals surface area contributed by atoms with Crippen LogP contribution in [0.2, 0.25) is 0 Å². The highest BCUT2D eigenvalue weighted by Crippen LogP contribution is 2.10. The van der Waals surface area contributed by atoms with E-state index in [4.69, 9.17) is 0 Å². The number of hydrogen-bond donors (Lipinski definition) is 0. The van der Waals surface area contributed by atoms with Crippen molar-refractivity contribution in [3.8, 4) is 0 Å². The van der Waals surface area contributed by atoms with Gasteiger partial charge in [-0.15, -0.1) is 15.3 Å². The molecule has 0 fully saturated rings. The molecule has 0 bridgehead atoms. The Kier molecular flexibility index (Phi) is 3.83. The molecule has 0 spiro atoms. The summed E-state index contributed by atoms with van der Waals surface area (Å²) in [6.45, 7) is 2.34. The number of aryl methyl sites for hydroxylation is 1. The predicted octanol–water partition coefficient (Wildman–Crippen LogP) is -0.411. The van der Waals surface area contributed by atoms with Crippen molar-refractivity contribution in [2.45, 2.75) is 26.3 Å². The van der Waals surface area contributed by atoms with E-state index in [-0.39, 0.29) is 5.69 Å². The molecular formula is C10H15N7O2. The van der Waals surface area contributed by atoms with Crippen molar-refractivity contribution < 1.29 is 9.53 Å². The minimum atomic E-state index is -0.484. The molecule has 0 aliphatic heterocycles. The fourth-order valence-corrected chi connectivity index (χ4v) is 1.72. The van der Waals surface area contributed by atoms with E-state index in [1.54, 1.807) is 11.7 Å². The third kappa shape index (κ3) is 2.75. The summed E-state index contributed by atoms with van der Waals surface area (Å²) in [4.78, 5) is 13.0. The molecule has 2 rings (SSSR count). The van der Waals surface area contributed by atoms with Crippen LogP contribution in [0.5, 0.6) is 0 Å². The quantitative estimate of drug-likeness (QED) is 0.677. The highest BCUT2D eigenvalue weighted by molar-refractivity contribution is 5.88. The standard InChI is InChI=1S/C10H15N7O2/c1-4-5-7-9(10(18)19-3)12-15-17(7)6-8-11-14-16(2)13-8/h4-6H2,1-3H3. The zero-order valence-electron chi connectivity index (χ0n) is 11.1. The van der Waals surface area contributed by atoms with E-state index in [2.05, 4.69) is 30.5 Å². The third-order valence-corrected chi connectivity index (χ3v) is 2.54. The first-order valence-electron chi connectivity index (χ1n) is 5.89. The van der Waals surface area contributed by atoms with Gasteiger partial charge >= 0.3 is 5.97 Å². The SMILES string of the molecule is CCCc1c(C(=O)OC)nnn1Cc1nnn(C)n1. The first-order valence-corrected chi connectivity index (χ1v) is 5.89. The van der Waals surface area contributed by atoms with Crippen molar-refractivity contribution in [2.75, 3.05) is 7.11 Å². The second-order valence-corrected chi connectivity index (χ2v) is 3.98. The van der Waals surface area contributed by atoms with Crippen molar-refractivity contribution in [2.24, 2.45) is 7.05 Å². The van der Waals surface area contributed by atoms with Crippen LogP contribution < -0.4 is 0 Å². The Morgan fingerprint density at radius 2 is 2.11 bits per heavy atom. The van der Waals surface area contributed by atoms with Crippen molar-refractivity contribution in [3.05, 3.63) is 17.2 Å². The van der Waals surface area contributed by atoms with Crippen LogP contribution in [0.3, 0.4) is 0 Å². The summed E-state index contributed by atoms with van der Waals surface area (Å²) in [5, 5.41) is 19.5. The largest absolute Gasteiger partial charge is 0.464 e. The van der Waals surface area contributed by atoms with Gasteiger partial charge in [-0.1, -0.05) is 18.6 Å². The summed E-state index contributed by atoms with van der Waals surface area (Å²) in [6.07, 6.45) is 1.54. The third-order valence-electron chi connectivity index (χ3n) is 2.54. The molecule has 0 amide bonds. The number of carbonyl (C=O) groups is 1. The molecular weight excluding hydrogens is 250 g/mol. The van der Waals surface area contributed by atoms with Crippen LogP contribution in [0.25, 0.3) is 0 Å². The zero-order valence-corrected chi connectivity index (χ0v) is 11.1. The summed E-state index contributed by atoms with van der Waals surface area (Å²) in [5.74, 6) is 0.0305. The monoisotopic (exact) mass is 265 g/mol. The van der Waals surface area contributed by atoms with Crippen molar-refractivity contribution in [1.29, 1.82) is 0 Å². The van der Waals surface area contributed by atoms with Gasteiger partial charge in [0.25, 0.3) is 0 Å². The van der Waals surface area contributed by atoms with Crippen molar-refractivity contribution in [3.63, 3.8) is 0 Å². The average molecular weight is 265 g/mol. The first-order chi connectivity index (χ1) is 9.15. The van der Waals surface area contributed by atoms with Crippen LogP contribution in [0.4, 0.5) is 0 Å². The lowest BCUT2D eigenvalue weighted by molar-refractivity contribution is 0.0592. The topological polar surface area (TPSA) is 101 Å². The molecule has 0 saturated carbocycles. The molecule has 2 heterocycles. The van der Waals surface area contributed by atoms with Gasteiger partial charge in [0.15, 0.2) is 11.5 Å². The molecule has 9 heteroatoms. The van der Waals surface area contributed by atoms with E-state index in [1.165, 1.54) is 11.9 Å². The maximum Gasteiger partial charge on any atom is 0.360 e. The zero-order chi connectivity index (χ0) is 13.8. The second kappa shape index (κ2) is 5.55. The van der Waals surface area contributed by atoms with Gasteiger partial charge in [0.05, 0.1) is 19.9 Å². The molecule has 0 aliphatic rings. The number of esters is 1. The molecule has 0 radical (unpaired) electrons. The van der Waals surface area contributed by atoms with Crippen LogP contribution in [0.1, 0.15) is 35.4 Å². The van der Waals surface area contributed by atoms with Crippen molar-refractivity contribution in [1.82, 2.24) is 35.2 Å². The molecule has 102 valence electrons. The molecule has 0 aromatic carbocycles. The number of hydrogen-bond acceptors (Lipinski definition) is 7. The van der Waals surface area contributed by atoms with Gasteiger partial charge in [-0.25, -0.2) is 9.48 Å². The maximum absolute atomic E-state index is 11.6. The molecule has 9 nitrogen and oxygen atoms in total. The Hall–Kier alpha value is -2.32. The highest BCUT2D eigenvalue weighted by atomic mass is 16.5. The Labute approximate surface area is 109 Å². The molecule has 0 atom stereocenters. The number of rotatable bonds is 5. The fourth-order valence-electron chi connectivity index (χ4n) is 1.72. The maximum atomic E-state index is 11.6. The van der Waals surface area contributed by atoms with E-state index < -0.39 is 5.97 Å². The van der Waals surface area contributed by atoms with Crippen LogP contribution in [0, 0.1) is 0 Å². The fraction of sp³-hybridized carbons (Fsp3) is 0.600. The Morgan fingerprint density at radius 3 is 2.68 bits per heavy atom. The van der Waals surface area contributed by atoms with Crippen LogP contribution >= 0.6 is 0 Å². The molecule has 0 aliphatic carbocycles. The van der Waals surface area contributed by atoms with Gasteiger partial charge in [-0.3, -0.25) is 0 Å². The van der Waals surface area contributed by atoms with Gasteiger partial charge in [0.2, 0.25) is 0 Å². The predicted molar refractivity (Wildman–Crippen MR) is 63.3 cm³/mol. The summed E-state index contributed by atoms with van der Waals surface area (Å²) in [7, 11) is 3.01. The van der Waals surface area contributed by atoms with E-state index in [0.29, 0.717) is 18.8 Å². The molecule has 0 saturated heterocycles. The highest BCUT2D eigenvalue weighted by Gasteiger charge is 2.20. The summed E-state index contributed by atoms with van der Waals surface area (Å²) in [6, 6.07) is 0. The molecule has 0 N–H and O–H groups in total. The molecule has 19 heavy (non-hydrogen) atoms. The smallest absolute Gasteiger partial charge is 0.360 e. The van der Waals surface area contributed by atoms with Crippen molar-refractivity contribution >= 4 is 5.97 Å². The average Bonchev–Trinajstić information content (AvgIpc) is 2.97. The van der Waals surface area contributed by atoms with E-state index >= 15 is 0 Å². The van der Waals surface area contributed by atoms with Crippen LogP contribution in [-0.2, 0) is 24.8 Å². The number of tetrazole rings is 1. The number of methoxy groups -OCH3 is 1. The first kappa shape index (κ1) is 13.1. The van der Waals surface area contributed by atoms with Crippen LogP contribution in [0.15, 0.2) is 0 Å². The lowest BCUT2D eigenvalue weighted by atomic mass is 10.2. The lowest BCUT2D eigenvalue weighted by Gasteiger charge is -2.03. The number of aromatic nitrogens is 7. The lowest BCUT2D eigenvalue weighted by Crippen LogP contribution is -2.11. The summed E-state index contributed by atoms with van der Waals surface area (Å²) >= 11 is 0. The van der Waals surface area contributed by atoms with Gasteiger partial charge in [-0.2, -0.15) is 4.80 Å². The van der Waals surface area contributed by atoms with E-state index in [1.807, 2.05) is 6.92 Å². The number of nitrogens with zero attached hydrogens (tertiary/aromatic N) is 7. The van der Waals surface area contributed by atoms with Gasteiger partial charge in [0.1, 0.15) is 6.54 Å². The Balaban J connectivity index is 2.29. The minimum absolute atomic E-state index is 0.244. The molecule has 2 aromatic rings. The Bertz CT molecular complexity index is 574. The second-order valence-electron chi connectivity index (χ2n) is 3.98. The van der Waals surface area contributed by atoms with E-state index in [9.17, 15) is 4.79 Å². The molecule has 2 aromatic heterocycles.